The number of carboxylic acids is 1. The molecule has 20 heavy (non-hydrogen) atoms. The Morgan fingerprint density at radius 1 is 1.40 bits per heavy atom. The maximum atomic E-state index is 11.1. The van der Waals surface area contributed by atoms with Crippen molar-refractivity contribution in [1.82, 2.24) is 4.98 Å². The molecule has 0 radical (unpaired) electrons. The highest BCUT2D eigenvalue weighted by Crippen LogP contribution is 2.25. The van der Waals surface area contributed by atoms with E-state index in [1.54, 1.807) is 0 Å². The predicted octanol–water partition coefficient (Wildman–Crippen LogP) is 0.454. The van der Waals surface area contributed by atoms with E-state index in [0.717, 1.165) is 25.9 Å². The van der Waals surface area contributed by atoms with Gasteiger partial charge in [-0.3, -0.25) is 4.79 Å². The molecule has 7 heteroatoms. The van der Waals surface area contributed by atoms with E-state index in [9.17, 15) is 9.59 Å². The van der Waals surface area contributed by atoms with Crippen LogP contribution in [0.3, 0.4) is 0 Å². The Morgan fingerprint density at radius 2 is 2.05 bits per heavy atom. The van der Waals surface area contributed by atoms with Crippen molar-refractivity contribution in [2.24, 2.45) is 11.7 Å². The molecule has 1 aliphatic heterocycles. The monoisotopic (exact) mass is 278 g/mol. The van der Waals surface area contributed by atoms with Gasteiger partial charge in [-0.1, -0.05) is 0 Å². The second-order valence-electron chi connectivity index (χ2n) is 5.04. The minimum atomic E-state index is -1.06. The van der Waals surface area contributed by atoms with Gasteiger partial charge in [0.1, 0.15) is 5.82 Å². The number of aromatic carboxylic acids is 1. The molecule has 0 aliphatic carbocycles. The van der Waals surface area contributed by atoms with Crippen LogP contribution in [0, 0.1) is 5.92 Å². The first-order valence-corrected chi connectivity index (χ1v) is 6.49. The lowest BCUT2D eigenvalue weighted by molar-refractivity contribution is -0.119. The zero-order chi connectivity index (χ0) is 14.7. The third-order valence-corrected chi connectivity index (χ3v) is 3.58. The second-order valence-corrected chi connectivity index (χ2v) is 5.04. The zero-order valence-corrected chi connectivity index (χ0v) is 11.1. The van der Waals surface area contributed by atoms with Crippen LogP contribution in [0.15, 0.2) is 12.3 Å². The van der Waals surface area contributed by atoms with E-state index in [4.69, 9.17) is 16.6 Å². The van der Waals surface area contributed by atoms with Crippen molar-refractivity contribution in [1.29, 1.82) is 0 Å². The fourth-order valence-corrected chi connectivity index (χ4v) is 2.46. The number of amides is 1. The predicted molar refractivity (Wildman–Crippen MR) is 74.4 cm³/mol. The molecule has 2 heterocycles. The minimum Gasteiger partial charge on any atom is -0.478 e. The molecule has 0 spiro atoms. The lowest BCUT2D eigenvalue weighted by Crippen LogP contribution is -2.35. The van der Waals surface area contributed by atoms with E-state index in [0.29, 0.717) is 18.2 Å². The van der Waals surface area contributed by atoms with Crippen LogP contribution in [0.2, 0.25) is 0 Å². The van der Waals surface area contributed by atoms with Crippen molar-refractivity contribution < 1.29 is 14.7 Å². The van der Waals surface area contributed by atoms with E-state index in [-0.39, 0.29) is 17.2 Å². The number of carbonyl (C=O) groups is 2. The molecule has 0 aromatic carbocycles. The summed E-state index contributed by atoms with van der Waals surface area (Å²) in [6.45, 7) is 1.46. The number of pyridine rings is 1. The number of hydrogen-bond donors (Lipinski definition) is 3. The fraction of sp³-hybridized carbons (Fsp3) is 0.462. The van der Waals surface area contributed by atoms with Crippen molar-refractivity contribution in [2.45, 2.75) is 19.3 Å². The Morgan fingerprint density at radius 3 is 2.60 bits per heavy atom. The van der Waals surface area contributed by atoms with Crippen LogP contribution in [0.1, 0.15) is 29.6 Å². The standard InChI is InChI=1S/C13H18N4O3/c14-10-7-16-12(6-9(10)13(19)20)17-3-1-8(2-4-17)5-11(15)18/h6-8H,1-5,14H2,(H2,15,18)(H,19,20). The Balaban J connectivity index is 2.05. The molecule has 5 N–H and O–H groups in total. The van der Waals surface area contributed by atoms with Crippen LogP contribution in [0.25, 0.3) is 0 Å². The number of primary amides is 1. The highest BCUT2D eigenvalue weighted by atomic mass is 16.4. The molecule has 1 aliphatic rings. The third kappa shape index (κ3) is 3.17. The number of nitrogens with two attached hydrogens (primary N) is 2. The first-order valence-electron chi connectivity index (χ1n) is 6.49. The largest absolute Gasteiger partial charge is 0.478 e. The number of hydrogen-bond acceptors (Lipinski definition) is 5. The number of aromatic nitrogens is 1. The van der Waals surface area contributed by atoms with Gasteiger partial charge in [-0.05, 0) is 24.8 Å². The summed E-state index contributed by atoms with van der Waals surface area (Å²) in [5, 5.41) is 9.05. The molecule has 1 amide bonds. The van der Waals surface area contributed by atoms with Gasteiger partial charge in [-0.2, -0.15) is 0 Å². The molecule has 7 nitrogen and oxygen atoms in total. The summed E-state index contributed by atoms with van der Waals surface area (Å²) in [5.74, 6) is -0.428. The summed E-state index contributed by atoms with van der Waals surface area (Å²) in [6, 6.07) is 1.49. The second kappa shape index (κ2) is 5.77. The normalized spacial score (nSPS) is 16.1. The Bertz CT molecular complexity index is 524. The molecular formula is C13H18N4O3. The Hall–Kier alpha value is -2.31. The highest BCUT2D eigenvalue weighted by Gasteiger charge is 2.22. The SMILES string of the molecule is NC(=O)CC1CCN(c2cc(C(=O)O)c(N)cn2)CC1. The molecule has 1 saturated heterocycles. The molecule has 0 unspecified atom stereocenters. The summed E-state index contributed by atoms with van der Waals surface area (Å²) >= 11 is 0. The minimum absolute atomic E-state index is 0.0641. The molecule has 0 atom stereocenters. The average Bonchev–Trinajstić information content (AvgIpc) is 2.39. The van der Waals surface area contributed by atoms with E-state index in [1.165, 1.54) is 12.3 Å². The number of carbonyl (C=O) groups excluding carboxylic acids is 1. The van der Waals surface area contributed by atoms with Gasteiger partial charge in [0.15, 0.2) is 0 Å². The van der Waals surface area contributed by atoms with Gasteiger partial charge in [0.05, 0.1) is 17.4 Å². The van der Waals surface area contributed by atoms with Crippen LogP contribution in [0.5, 0.6) is 0 Å². The van der Waals surface area contributed by atoms with Crippen LogP contribution in [-0.2, 0) is 4.79 Å². The van der Waals surface area contributed by atoms with E-state index in [2.05, 4.69) is 4.98 Å². The van der Waals surface area contributed by atoms with Crippen molar-refractivity contribution in [3.63, 3.8) is 0 Å². The average molecular weight is 278 g/mol. The lowest BCUT2D eigenvalue weighted by Gasteiger charge is -2.32. The van der Waals surface area contributed by atoms with Gasteiger partial charge < -0.3 is 21.5 Å². The number of rotatable bonds is 4. The van der Waals surface area contributed by atoms with E-state index in [1.807, 2.05) is 4.90 Å². The number of nitrogen functional groups attached to an aromatic ring is 1. The molecule has 1 aromatic heterocycles. The third-order valence-electron chi connectivity index (χ3n) is 3.58. The topological polar surface area (TPSA) is 123 Å². The van der Waals surface area contributed by atoms with Gasteiger partial charge >= 0.3 is 5.97 Å². The van der Waals surface area contributed by atoms with Crippen LogP contribution < -0.4 is 16.4 Å². The number of anilines is 2. The summed E-state index contributed by atoms with van der Waals surface area (Å²) in [6.07, 6.45) is 3.46. The van der Waals surface area contributed by atoms with Crippen molar-refractivity contribution in [2.75, 3.05) is 23.7 Å². The van der Waals surface area contributed by atoms with Crippen LogP contribution in [0.4, 0.5) is 11.5 Å². The first-order chi connectivity index (χ1) is 9.47. The number of nitrogens with zero attached hydrogens (tertiary/aromatic N) is 2. The summed E-state index contributed by atoms with van der Waals surface area (Å²) < 4.78 is 0. The Labute approximate surface area is 116 Å². The van der Waals surface area contributed by atoms with Crippen molar-refractivity contribution >= 4 is 23.4 Å². The maximum Gasteiger partial charge on any atom is 0.337 e. The smallest absolute Gasteiger partial charge is 0.337 e. The van der Waals surface area contributed by atoms with E-state index < -0.39 is 5.97 Å². The van der Waals surface area contributed by atoms with E-state index >= 15 is 0 Å². The van der Waals surface area contributed by atoms with Gasteiger partial charge in [0, 0.05) is 19.5 Å². The lowest BCUT2D eigenvalue weighted by atomic mass is 9.93. The zero-order valence-electron chi connectivity index (χ0n) is 11.1. The van der Waals surface area contributed by atoms with Crippen molar-refractivity contribution in [3.8, 4) is 0 Å². The van der Waals surface area contributed by atoms with Crippen molar-refractivity contribution in [3.05, 3.63) is 17.8 Å². The van der Waals surface area contributed by atoms with Crippen LogP contribution >= 0.6 is 0 Å². The van der Waals surface area contributed by atoms with Gasteiger partial charge in [0.2, 0.25) is 5.91 Å². The van der Waals surface area contributed by atoms with Gasteiger partial charge in [-0.25, -0.2) is 9.78 Å². The molecular weight excluding hydrogens is 260 g/mol. The molecule has 108 valence electrons. The number of piperidine rings is 1. The van der Waals surface area contributed by atoms with Crippen LogP contribution in [-0.4, -0.2) is 35.1 Å². The molecule has 1 aromatic rings. The number of carboxylic acid groups (broad SMARTS) is 1. The Kier molecular flexibility index (Phi) is 4.07. The molecule has 0 bridgehead atoms. The molecule has 0 saturated carbocycles. The summed E-state index contributed by atoms with van der Waals surface area (Å²) in [7, 11) is 0. The molecule has 1 fully saturated rings. The first kappa shape index (κ1) is 14.1. The maximum absolute atomic E-state index is 11.1. The van der Waals surface area contributed by atoms with Gasteiger partial charge in [-0.15, -0.1) is 0 Å². The summed E-state index contributed by atoms with van der Waals surface area (Å²) in [4.78, 5) is 28.1. The van der Waals surface area contributed by atoms with Gasteiger partial charge in [0.25, 0.3) is 0 Å². The molecule has 2 rings (SSSR count). The highest BCUT2D eigenvalue weighted by molar-refractivity contribution is 5.94. The summed E-state index contributed by atoms with van der Waals surface area (Å²) in [5.41, 5.74) is 11.0. The fourth-order valence-electron chi connectivity index (χ4n) is 2.46. The quantitative estimate of drug-likeness (QED) is 0.735.